The number of benzene rings is 1. The summed E-state index contributed by atoms with van der Waals surface area (Å²) < 4.78 is 35.6. The fourth-order valence-electron chi connectivity index (χ4n) is 3.10. The minimum atomic E-state index is -3.87. The van der Waals surface area contributed by atoms with Crippen molar-refractivity contribution in [1.29, 1.82) is 0 Å². The predicted octanol–water partition coefficient (Wildman–Crippen LogP) is 1.69. The number of sulfonamides is 1. The van der Waals surface area contributed by atoms with Crippen molar-refractivity contribution in [3.63, 3.8) is 0 Å². The molecule has 3 heterocycles. The van der Waals surface area contributed by atoms with Crippen LogP contribution in [0.25, 0.3) is 22.1 Å². The van der Waals surface area contributed by atoms with E-state index in [1.807, 2.05) is 10.6 Å². The molecule has 10 heteroatoms. The number of imidazole rings is 1. The highest BCUT2D eigenvalue weighted by Crippen LogP contribution is 2.27. The van der Waals surface area contributed by atoms with Gasteiger partial charge in [-0.25, -0.2) is 23.5 Å². The van der Waals surface area contributed by atoms with Crippen LogP contribution in [0.3, 0.4) is 0 Å². The molecule has 0 unspecified atom stereocenters. The first-order valence-corrected chi connectivity index (χ1v) is 9.79. The summed E-state index contributed by atoms with van der Waals surface area (Å²) in [6, 6.07) is 8.44. The fraction of sp³-hybridized carbons (Fsp3) is 0.167. The number of pyridine rings is 2. The van der Waals surface area contributed by atoms with Gasteiger partial charge in [-0.15, -0.1) is 0 Å². The third-order valence-electron chi connectivity index (χ3n) is 4.38. The van der Waals surface area contributed by atoms with Gasteiger partial charge in [0.25, 0.3) is 0 Å². The maximum atomic E-state index is 11.7. The van der Waals surface area contributed by atoms with E-state index in [1.54, 1.807) is 37.8 Å². The fourth-order valence-corrected chi connectivity index (χ4v) is 3.78. The lowest BCUT2D eigenvalue weighted by molar-refractivity contribution is 0.399. The van der Waals surface area contributed by atoms with Crippen molar-refractivity contribution in [2.45, 2.75) is 11.4 Å². The third-order valence-corrected chi connectivity index (χ3v) is 5.33. The Kier molecular flexibility index (Phi) is 4.36. The van der Waals surface area contributed by atoms with E-state index in [9.17, 15) is 8.42 Å². The first-order valence-electron chi connectivity index (χ1n) is 8.25. The summed E-state index contributed by atoms with van der Waals surface area (Å²) in [5.41, 5.74) is 2.98. The van der Waals surface area contributed by atoms with Gasteiger partial charge in [0.05, 0.1) is 32.3 Å². The average molecular weight is 399 g/mol. The predicted molar refractivity (Wildman–Crippen MR) is 103 cm³/mol. The standard InChI is InChI=1S/C18H17N5O4S/c1-26-14-7-11(3-5-15(14)28(19,24)25)9-23-10-21-13-8-20-18-12(17(13)23)4-6-16(22-18)27-2/h3-8,10H,9H2,1-2H3,(H2,19,24,25). The van der Waals surface area contributed by atoms with Gasteiger partial charge in [-0.2, -0.15) is 4.98 Å². The number of hydrogen-bond acceptors (Lipinski definition) is 7. The third kappa shape index (κ3) is 3.12. The number of rotatable bonds is 5. The molecular formula is C18H17N5O4S. The van der Waals surface area contributed by atoms with Crippen molar-refractivity contribution in [2.24, 2.45) is 5.14 Å². The molecule has 4 aromatic rings. The Morgan fingerprint density at radius 3 is 2.64 bits per heavy atom. The molecule has 3 aromatic heterocycles. The van der Waals surface area contributed by atoms with Crippen molar-refractivity contribution < 1.29 is 17.9 Å². The maximum absolute atomic E-state index is 11.7. The topological polar surface area (TPSA) is 122 Å². The van der Waals surface area contributed by atoms with Crippen LogP contribution in [0.2, 0.25) is 0 Å². The first-order chi connectivity index (χ1) is 13.4. The van der Waals surface area contributed by atoms with E-state index in [0.717, 1.165) is 22.0 Å². The number of nitrogens with zero attached hydrogens (tertiary/aromatic N) is 4. The van der Waals surface area contributed by atoms with Gasteiger partial charge >= 0.3 is 0 Å². The van der Waals surface area contributed by atoms with E-state index in [0.29, 0.717) is 18.1 Å². The molecule has 9 nitrogen and oxygen atoms in total. The average Bonchev–Trinajstić information content (AvgIpc) is 3.09. The number of fused-ring (bicyclic) bond motifs is 3. The smallest absolute Gasteiger partial charge is 0.241 e. The van der Waals surface area contributed by atoms with Gasteiger partial charge in [-0.3, -0.25) is 0 Å². The van der Waals surface area contributed by atoms with Crippen LogP contribution in [-0.2, 0) is 16.6 Å². The monoisotopic (exact) mass is 399 g/mol. The summed E-state index contributed by atoms with van der Waals surface area (Å²) in [5, 5.41) is 6.07. The summed E-state index contributed by atoms with van der Waals surface area (Å²) in [5.74, 6) is 0.677. The summed E-state index contributed by atoms with van der Waals surface area (Å²) in [6.45, 7) is 0.447. The zero-order valence-electron chi connectivity index (χ0n) is 15.2. The Morgan fingerprint density at radius 1 is 1.11 bits per heavy atom. The largest absolute Gasteiger partial charge is 0.495 e. The van der Waals surface area contributed by atoms with Crippen molar-refractivity contribution in [3.8, 4) is 11.6 Å². The van der Waals surface area contributed by atoms with Gasteiger partial charge in [0.15, 0.2) is 5.65 Å². The first kappa shape index (κ1) is 18.1. The lowest BCUT2D eigenvalue weighted by atomic mass is 10.2. The molecule has 0 saturated carbocycles. The van der Waals surface area contributed by atoms with Crippen LogP contribution in [0.1, 0.15) is 5.56 Å². The zero-order chi connectivity index (χ0) is 19.9. The summed E-state index contributed by atoms with van der Waals surface area (Å²) in [7, 11) is -0.914. The lowest BCUT2D eigenvalue weighted by Gasteiger charge is -2.11. The molecule has 2 N–H and O–H groups in total. The molecule has 0 atom stereocenters. The van der Waals surface area contributed by atoms with Gasteiger partial charge in [-0.05, 0) is 23.8 Å². The highest BCUT2D eigenvalue weighted by atomic mass is 32.2. The van der Waals surface area contributed by atoms with E-state index in [2.05, 4.69) is 15.0 Å². The molecule has 0 aliphatic heterocycles. The number of methoxy groups -OCH3 is 2. The number of ether oxygens (including phenoxy) is 2. The molecule has 0 radical (unpaired) electrons. The Morgan fingerprint density at radius 2 is 1.93 bits per heavy atom. The number of aromatic nitrogens is 4. The molecule has 0 bridgehead atoms. The molecule has 1 aromatic carbocycles. The molecule has 0 amide bonds. The van der Waals surface area contributed by atoms with Gasteiger partial charge in [0.2, 0.25) is 15.9 Å². The molecule has 4 rings (SSSR count). The second-order valence-electron chi connectivity index (χ2n) is 6.12. The second-order valence-corrected chi connectivity index (χ2v) is 7.65. The minimum absolute atomic E-state index is 0.0554. The number of hydrogen-bond donors (Lipinski definition) is 1. The van der Waals surface area contributed by atoms with Crippen molar-refractivity contribution >= 4 is 32.1 Å². The van der Waals surface area contributed by atoms with Gasteiger partial charge < -0.3 is 14.0 Å². The molecule has 0 aliphatic rings. The van der Waals surface area contributed by atoms with Crippen LogP contribution in [0.4, 0.5) is 0 Å². The Bertz CT molecular complexity index is 1300. The van der Waals surface area contributed by atoms with Crippen molar-refractivity contribution in [1.82, 2.24) is 19.5 Å². The van der Waals surface area contributed by atoms with Crippen LogP contribution in [-0.4, -0.2) is 42.2 Å². The molecule has 0 fully saturated rings. The van der Waals surface area contributed by atoms with E-state index in [4.69, 9.17) is 14.6 Å². The highest BCUT2D eigenvalue weighted by molar-refractivity contribution is 7.89. The molecule has 28 heavy (non-hydrogen) atoms. The second kappa shape index (κ2) is 6.73. The number of nitrogens with two attached hydrogens (primary N) is 1. The number of primary sulfonamides is 1. The van der Waals surface area contributed by atoms with E-state index in [-0.39, 0.29) is 10.6 Å². The highest BCUT2D eigenvalue weighted by Gasteiger charge is 2.16. The minimum Gasteiger partial charge on any atom is -0.495 e. The molecule has 0 saturated heterocycles. The summed E-state index contributed by atoms with van der Waals surface area (Å²) in [4.78, 5) is 13.0. The van der Waals surface area contributed by atoms with Crippen LogP contribution >= 0.6 is 0 Å². The summed E-state index contributed by atoms with van der Waals surface area (Å²) >= 11 is 0. The van der Waals surface area contributed by atoms with Gasteiger partial charge in [0.1, 0.15) is 16.2 Å². The SMILES string of the molecule is COc1ccc2c(ncc3ncn(Cc4ccc(S(N)(=O)=O)c(OC)c4)c32)n1. The van der Waals surface area contributed by atoms with E-state index >= 15 is 0 Å². The van der Waals surface area contributed by atoms with Crippen molar-refractivity contribution in [3.05, 3.63) is 48.4 Å². The molecular weight excluding hydrogens is 382 g/mol. The summed E-state index contributed by atoms with van der Waals surface area (Å²) in [6.07, 6.45) is 3.36. The van der Waals surface area contributed by atoms with Crippen LogP contribution in [0.15, 0.2) is 47.8 Å². The van der Waals surface area contributed by atoms with Gasteiger partial charge in [-0.1, -0.05) is 6.07 Å². The Balaban J connectivity index is 1.81. The lowest BCUT2D eigenvalue weighted by Crippen LogP contribution is -2.13. The molecule has 0 spiro atoms. The zero-order valence-corrected chi connectivity index (χ0v) is 16.0. The van der Waals surface area contributed by atoms with Gasteiger partial charge in [0, 0.05) is 18.0 Å². The van der Waals surface area contributed by atoms with Crippen LogP contribution < -0.4 is 14.6 Å². The maximum Gasteiger partial charge on any atom is 0.241 e. The van der Waals surface area contributed by atoms with Crippen molar-refractivity contribution in [2.75, 3.05) is 14.2 Å². The van der Waals surface area contributed by atoms with Crippen LogP contribution in [0.5, 0.6) is 11.6 Å². The Hall–Kier alpha value is -3.24. The normalized spacial score (nSPS) is 11.8. The molecule has 0 aliphatic carbocycles. The Labute approximate surface area is 160 Å². The van der Waals surface area contributed by atoms with Crippen LogP contribution in [0, 0.1) is 0 Å². The van der Waals surface area contributed by atoms with E-state index in [1.165, 1.54) is 13.2 Å². The quantitative estimate of drug-likeness (QED) is 0.542. The molecule has 144 valence electrons. The van der Waals surface area contributed by atoms with E-state index < -0.39 is 10.0 Å².